The molecule has 3 aromatic rings. The van der Waals surface area contributed by atoms with Crippen molar-refractivity contribution in [2.45, 2.75) is 99.9 Å². The number of guanidine groups is 1. The number of hydrogen-bond acceptors (Lipinski definition) is 14. The highest BCUT2D eigenvalue weighted by Gasteiger charge is 2.45. The number of rotatable bonds is 23. The molecular weight excluding hydrogens is 959 g/mol. The molecule has 0 aliphatic carbocycles. The molecule has 1 aromatic heterocycles. The van der Waals surface area contributed by atoms with E-state index in [1.165, 1.54) is 51.1 Å². The summed E-state index contributed by atoms with van der Waals surface area (Å²) in [6.07, 6.45) is 3.31. The van der Waals surface area contributed by atoms with E-state index in [0.29, 0.717) is 23.2 Å². The van der Waals surface area contributed by atoms with Gasteiger partial charge in [0.05, 0.1) is 12.9 Å². The lowest BCUT2D eigenvalue weighted by Crippen LogP contribution is -2.61. The minimum atomic E-state index is -1.35. The zero-order chi connectivity index (χ0) is 51.6. The predicted molar refractivity (Wildman–Crippen MR) is 266 cm³/mol. The Morgan fingerprint density at radius 1 is 0.901 bits per heavy atom. The van der Waals surface area contributed by atoms with Crippen molar-refractivity contribution < 1.29 is 48.6 Å². The van der Waals surface area contributed by atoms with Gasteiger partial charge in [0.1, 0.15) is 48.0 Å². The van der Waals surface area contributed by atoms with Crippen molar-refractivity contribution in [1.82, 2.24) is 52.1 Å². The van der Waals surface area contributed by atoms with Gasteiger partial charge in [-0.2, -0.15) is 0 Å². The quantitative estimate of drug-likeness (QED) is 0.0221. The number of nitrogens with zero attached hydrogens (tertiary/aromatic N) is 3. The van der Waals surface area contributed by atoms with Crippen LogP contribution in [0.3, 0.4) is 0 Å². The molecule has 0 spiro atoms. The van der Waals surface area contributed by atoms with Gasteiger partial charge in [-0.15, -0.1) is 0 Å². The lowest BCUT2D eigenvalue weighted by Gasteiger charge is -2.30. The molecule has 7 amide bonds. The summed E-state index contributed by atoms with van der Waals surface area (Å²) in [5.74, 6) is -6.63. The Morgan fingerprint density at radius 2 is 1.61 bits per heavy atom. The summed E-state index contributed by atoms with van der Waals surface area (Å²) in [5.41, 5.74) is 12.6. The van der Waals surface area contributed by atoms with Crippen LogP contribution in [0, 0.1) is 5.92 Å². The molecule has 2 aromatic carbocycles. The zero-order valence-corrected chi connectivity index (χ0v) is 41.2. The minimum Gasteiger partial charge on any atom is -0.508 e. The third-order valence-electron chi connectivity index (χ3n) is 11.6. The van der Waals surface area contributed by atoms with Crippen molar-refractivity contribution in [2.75, 3.05) is 32.4 Å². The third-order valence-corrected chi connectivity index (χ3v) is 14.5. The minimum absolute atomic E-state index is 0.0129. The van der Waals surface area contributed by atoms with Crippen molar-refractivity contribution in [3.63, 3.8) is 0 Å². The van der Waals surface area contributed by atoms with E-state index in [4.69, 9.17) is 11.5 Å². The number of aromatic amines is 1. The number of carboxylic acids is 1. The maximum atomic E-state index is 14.6. The number of benzene rings is 2. The SMILES string of the molecule is CNCC(=O)N[C@@H](CCCN=C(N)N)C(=O)N[C@H](C(=O)N[C@@H](Cc1ccc(O)cc1)C(=O)N[C@H]1CSS[C@H]2C[C@@H](C(=O)N[C@@H](Cc3ccccc3)C(=O)O)N(C2)C(=O)[C@H](Cc2cnc[nH]2)NC1=O)C(C)C. The monoisotopic (exact) mass is 1020 g/mol. The first kappa shape index (κ1) is 55.1. The first-order chi connectivity index (χ1) is 33.9. The number of aliphatic imine (C=N–C) groups is 1. The average Bonchev–Trinajstić information content (AvgIpc) is 4.01. The van der Waals surface area contributed by atoms with Gasteiger partial charge < -0.3 is 68.8 Å². The lowest BCUT2D eigenvalue weighted by atomic mass is 10.00. The van der Waals surface area contributed by atoms with Gasteiger partial charge in [0.15, 0.2) is 5.96 Å². The maximum absolute atomic E-state index is 14.6. The van der Waals surface area contributed by atoms with Crippen LogP contribution in [0.15, 0.2) is 72.1 Å². The average molecular weight is 1020 g/mol. The second-order valence-corrected chi connectivity index (χ2v) is 20.2. The summed E-state index contributed by atoms with van der Waals surface area (Å²) in [6.45, 7) is 3.58. The number of carbonyl (C=O) groups is 8. The molecule has 14 N–H and O–H groups in total. The second-order valence-electron chi connectivity index (χ2n) is 17.5. The molecule has 0 radical (unpaired) electrons. The summed E-state index contributed by atoms with van der Waals surface area (Å²) in [5, 5.41) is 38.7. The molecule has 2 aliphatic rings. The standard InChI is InChI=1S/C46H63N13O10S2/c1-25(2)38(58-39(62)31(53-37(61)21-49-3)10-7-15-51-46(47)48)43(66)54-32(16-27-11-13-29(60)14-12-27)40(63)57-35-23-70-71-30-19-36(42(65)56-34(45(68)69)17-26-8-5-4-6-9-26)59(22-30)44(67)33(55-41(35)64)18-28-20-50-24-52-28/h4-6,8-9,11-14,20,24-25,30-36,38,49,60H,7,10,15-19,21-23H2,1-3H3,(H,50,52)(H,53,61)(H,54,66)(H,55,64)(H,56,65)(H,57,63)(H,58,62)(H,68,69)(H4,47,48,51)/t30-,31-,32-,33-,34-,35-,36-,38-/m0/s1. The number of nitrogens with two attached hydrogens (primary N) is 2. The van der Waals surface area contributed by atoms with Crippen molar-refractivity contribution >= 4 is 74.9 Å². The smallest absolute Gasteiger partial charge is 0.326 e. The van der Waals surface area contributed by atoms with E-state index in [2.05, 4.69) is 52.2 Å². The molecule has 25 heteroatoms. The fourth-order valence-corrected chi connectivity index (χ4v) is 10.7. The summed E-state index contributed by atoms with van der Waals surface area (Å²) in [4.78, 5) is 122. The van der Waals surface area contributed by atoms with Crippen LogP contribution < -0.4 is 48.7 Å². The Balaban J connectivity index is 1.36. The Morgan fingerprint density at radius 3 is 2.25 bits per heavy atom. The molecule has 71 heavy (non-hydrogen) atoms. The molecular formula is C46H63N13O10S2. The van der Waals surface area contributed by atoms with Gasteiger partial charge in [-0.25, -0.2) is 9.78 Å². The van der Waals surface area contributed by atoms with Crippen molar-refractivity contribution in [3.05, 3.63) is 83.9 Å². The molecule has 3 heterocycles. The van der Waals surface area contributed by atoms with Crippen LogP contribution in [-0.2, 0) is 57.6 Å². The number of aromatic nitrogens is 2. The topological polar surface area (TPSA) is 358 Å². The Kier molecular flexibility index (Phi) is 20.9. The largest absolute Gasteiger partial charge is 0.508 e. The fraction of sp³-hybridized carbons (Fsp3) is 0.478. The molecule has 8 atom stereocenters. The maximum Gasteiger partial charge on any atom is 0.326 e. The Bertz CT molecular complexity index is 2340. The first-order valence-corrected chi connectivity index (χ1v) is 25.4. The van der Waals surface area contributed by atoms with Crippen LogP contribution in [0.5, 0.6) is 5.75 Å². The number of phenolic OH excluding ortho intramolecular Hbond substituents is 1. The second kappa shape index (κ2) is 26.9. The van der Waals surface area contributed by atoms with Gasteiger partial charge in [0, 0.05) is 55.2 Å². The van der Waals surface area contributed by atoms with E-state index in [1.54, 1.807) is 63.4 Å². The van der Waals surface area contributed by atoms with Gasteiger partial charge in [0.25, 0.3) is 0 Å². The van der Waals surface area contributed by atoms with Crippen molar-refractivity contribution in [3.8, 4) is 5.75 Å². The Labute approximate surface area is 418 Å². The third kappa shape index (κ3) is 16.9. The van der Waals surface area contributed by atoms with Crippen LogP contribution in [-0.4, -0.2) is 158 Å². The van der Waals surface area contributed by atoms with E-state index in [9.17, 15) is 48.6 Å². The number of H-pyrrole nitrogens is 1. The predicted octanol–water partition coefficient (Wildman–Crippen LogP) is -1.57. The normalized spacial score (nSPS) is 19.7. The number of amides is 7. The van der Waals surface area contributed by atoms with Crippen LogP contribution in [0.25, 0.3) is 0 Å². The van der Waals surface area contributed by atoms with Crippen LogP contribution in [0.4, 0.5) is 0 Å². The summed E-state index contributed by atoms with van der Waals surface area (Å²) < 4.78 is 0. The number of fused-ring (bicyclic) bond motifs is 2. The number of aromatic hydroxyl groups is 1. The first-order valence-electron chi connectivity index (χ1n) is 23.0. The van der Waals surface area contributed by atoms with E-state index >= 15 is 0 Å². The number of aliphatic carboxylic acids is 1. The highest BCUT2D eigenvalue weighted by molar-refractivity contribution is 8.77. The number of imidazole rings is 1. The summed E-state index contributed by atoms with van der Waals surface area (Å²) >= 11 is 0. The number of likely N-dealkylation sites (N-methyl/N-ethyl adjacent to an activating group) is 1. The van der Waals surface area contributed by atoms with Gasteiger partial charge in [-0.1, -0.05) is 77.9 Å². The van der Waals surface area contributed by atoms with Crippen molar-refractivity contribution in [1.29, 1.82) is 0 Å². The number of carbonyl (C=O) groups excluding carboxylic acids is 7. The summed E-state index contributed by atoms with van der Waals surface area (Å²) in [7, 11) is 4.11. The van der Waals surface area contributed by atoms with E-state index in [0.717, 1.165) is 0 Å². The molecule has 5 rings (SSSR count). The number of hydrogen-bond donors (Lipinski definition) is 12. The van der Waals surface area contributed by atoms with Gasteiger partial charge in [-0.05, 0) is 55.5 Å². The highest BCUT2D eigenvalue weighted by atomic mass is 33.1. The molecule has 0 saturated carbocycles. The van der Waals surface area contributed by atoms with E-state index in [-0.39, 0.29) is 74.5 Å². The van der Waals surface area contributed by atoms with Crippen LogP contribution in [0.2, 0.25) is 0 Å². The van der Waals surface area contributed by atoms with E-state index in [1.807, 2.05) is 0 Å². The highest BCUT2D eigenvalue weighted by Crippen LogP contribution is 2.37. The molecule has 384 valence electrons. The molecule has 2 bridgehead atoms. The molecule has 2 saturated heterocycles. The van der Waals surface area contributed by atoms with Gasteiger partial charge in [0.2, 0.25) is 41.4 Å². The number of phenols is 1. The molecule has 23 nitrogen and oxygen atoms in total. The lowest BCUT2D eigenvalue weighted by molar-refractivity contribution is -0.145. The fourth-order valence-electron chi connectivity index (χ4n) is 7.93. The molecule has 2 fully saturated rings. The molecule has 2 aliphatic heterocycles. The molecule has 0 unspecified atom stereocenters. The summed E-state index contributed by atoms with van der Waals surface area (Å²) in [6, 6.07) is 6.25. The van der Waals surface area contributed by atoms with Crippen LogP contribution >= 0.6 is 21.6 Å². The number of nitrogens with one attached hydrogen (secondary N) is 8. The van der Waals surface area contributed by atoms with E-state index < -0.39 is 95.5 Å². The van der Waals surface area contributed by atoms with Crippen LogP contribution in [0.1, 0.15) is 49.9 Å². The Hall–Kier alpha value is -6.86. The van der Waals surface area contributed by atoms with Gasteiger partial charge in [-0.3, -0.25) is 38.6 Å². The zero-order valence-electron chi connectivity index (χ0n) is 39.6. The number of carboxylic acid groups (broad SMARTS) is 1. The van der Waals surface area contributed by atoms with Gasteiger partial charge >= 0.3 is 5.97 Å². The van der Waals surface area contributed by atoms with Crippen molar-refractivity contribution in [2.24, 2.45) is 22.4 Å².